The molecule has 0 bridgehead atoms. The summed E-state index contributed by atoms with van der Waals surface area (Å²) in [5.74, 6) is -0.263. The van der Waals surface area contributed by atoms with Gasteiger partial charge in [0.2, 0.25) is 11.8 Å². The molecule has 3 fully saturated rings. The van der Waals surface area contributed by atoms with Gasteiger partial charge in [-0.25, -0.2) is 0 Å². The maximum Gasteiger partial charge on any atom is 0.282 e. The highest BCUT2D eigenvalue weighted by atomic mass is 35.5. The Morgan fingerprint density at radius 3 is 2.46 bits per heavy atom. The lowest BCUT2D eigenvalue weighted by Crippen LogP contribution is -2.54. The molecule has 0 spiro atoms. The quantitative estimate of drug-likeness (QED) is 0.293. The topological polar surface area (TPSA) is 125 Å². The van der Waals surface area contributed by atoms with Gasteiger partial charge in [0.1, 0.15) is 11.9 Å². The minimum Gasteiger partial charge on any atom is -0.371 e. The Balaban J connectivity index is 0.843. The van der Waals surface area contributed by atoms with E-state index in [2.05, 4.69) is 56.7 Å². The van der Waals surface area contributed by atoms with Crippen LogP contribution in [0.5, 0.6) is 0 Å². The van der Waals surface area contributed by atoms with Crippen LogP contribution in [-0.2, 0) is 15.0 Å². The zero-order valence-electron chi connectivity index (χ0n) is 29.2. The number of carbonyl (C=O) groups excluding carboxylic acids is 4. The van der Waals surface area contributed by atoms with Crippen LogP contribution in [-0.4, -0.2) is 81.7 Å². The number of likely N-dealkylation sites (tertiary alicyclic amines) is 1. The monoisotopic (exact) mass is 718 g/mol. The van der Waals surface area contributed by atoms with Crippen LogP contribution in [0, 0.1) is 5.92 Å². The van der Waals surface area contributed by atoms with E-state index < -0.39 is 29.2 Å². The summed E-state index contributed by atoms with van der Waals surface area (Å²) in [7, 11) is 0. The molecule has 11 nitrogen and oxygen atoms in total. The number of benzene rings is 3. The smallest absolute Gasteiger partial charge is 0.282 e. The standard InChI is InChI=1S/C40H39ClN6O5/c1-40(2)28-18-24(6-9-30(28)46-31-5-3-4-29(41)34(31)36(50)43-39(40)46)23-13-15-44(16-14-23)20-22-12-17-45(21-22)25-7-8-26-27(19-25)38(52)47(37(26)51)32-10-11-33(48)42-35(32)49/h3-9,18-19,22-23,32H,10-17,20-21H2,1-2H3,(H,42,48,49)/t22-,32?/m1/s1. The molecule has 9 rings (SSSR count). The predicted octanol–water partition coefficient (Wildman–Crippen LogP) is 4.79. The maximum absolute atomic E-state index is 13.4. The van der Waals surface area contributed by atoms with Crippen LogP contribution in [0.1, 0.15) is 89.5 Å². The second-order valence-electron chi connectivity index (χ2n) is 15.5. The third-order valence-corrected chi connectivity index (χ3v) is 12.3. The molecule has 1 N–H and O–H groups in total. The fourth-order valence-electron chi connectivity index (χ4n) is 9.20. The molecular weight excluding hydrogens is 680 g/mol. The highest BCUT2D eigenvalue weighted by Gasteiger charge is 2.45. The summed E-state index contributed by atoms with van der Waals surface area (Å²) >= 11 is 6.45. The molecule has 12 heteroatoms. The van der Waals surface area contributed by atoms with Gasteiger partial charge in [-0.15, -0.1) is 0 Å². The second-order valence-corrected chi connectivity index (χ2v) is 15.9. The Morgan fingerprint density at radius 2 is 1.67 bits per heavy atom. The minimum absolute atomic E-state index is 0.0971. The van der Waals surface area contributed by atoms with Crippen molar-refractivity contribution < 1.29 is 19.2 Å². The number of hydrogen-bond donors (Lipinski definition) is 1. The Hall–Kier alpha value is -4.87. The summed E-state index contributed by atoms with van der Waals surface area (Å²) in [6.07, 6.45) is 3.43. The fraction of sp³-hybridized carbons (Fsp3) is 0.400. The van der Waals surface area contributed by atoms with E-state index in [0.717, 1.165) is 79.6 Å². The Bertz CT molecular complexity index is 2290. The number of hydrogen-bond acceptors (Lipinski definition) is 8. The zero-order valence-corrected chi connectivity index (χ0v) is 29.9. The number of amides is 4. The van der Waals surface area contributed by atoms with E-state index in [1.54, 1.807) is 18.2 Å². The first-order valence-corrected chi connectivity index (χ1v) is 18.6. The first-order valence-electron chi connectivity index (χ1n) is 18.2. The third-order valence-electron chi connectivity index (χ3n) is 12.0. The van der Waals surface area contributed by atoms with Crippen LogP contribution in [0.2, 0.25) is 5.02 Å². The first-order chi connectivity index (χ1) is 25.0. The lowest BCUT2D eigenvalue weighted by atomic mass is 9.81. The van der Waals surface area contributed by atoms with Gasteiger partial charge in [-0.3, -0.25) is 38.8 Å². The van der Waals surface area contributed by atoms with Crippen molar-refractivity contribution in [3.8, 4) is 5.69 Å². The molecule has 1 aromatic heterocycles. The maximum atomic E-state index is 13.4. The van der Waals surface area contributed by atoms with E-state index in [-0.39, 0.29) is 24.3 Å². The summed E-state index contributed by atoms with van der Waals surface area (Å²) < 4.78 is 2.10. The van der Waals surface area contributed by atoms with E-state index in [1.165, 1.54) is 11.1 Å². The highest BCUT2D eigenvalue weighted by Crippen LogP contribution is 2.45. The molecule has 266 valence electrons. The largest absolute Gasteiger partial charge is 0.371 e. The number of carbonyl (C=O) groups is 4. The van der Waals surface area contributed by atoms with Crippen molar-refractivity contribution in [3.63, 3.8) is 0 Å². The van der Waals surface area contributed by atoms with Crippen LogP contribution in [0.4, 0.5) is 5.69 Å². The number of piperidine rings is 2. The molecule has 5 aliphatic heterocycles. The van der Waals surface area contributed by atoms with Crippen molar-refractivity contribution in [2.45, 2.75) is 63.3 Å². The summed E-state index contributed by atoms with van der Waals surface area (Å²) in [5.41, 5.74) is 5.17. The van der Waals surface area contributed by atoms with E-state index in [1.807, 2.05) is 18.2 Å². The average Bonchev–Trinajstić information content (AvgIpc) is 3.76. The number of fused-ring (bicyclic) bond motifs is 6. The number of imide groups is 2. The Kier molecular flexibility index (Phi) is 7.68. The summed E-state index contributed by atoms with van der Waals surface area (Å²) in [4.78, 5) is 74.0. The molecule has 52 heavy (non-hydrogen) atoms. The van der Waals surface area contributed by atoms with Gasteiger partial charge in [-0.2, -0.15) is 4.98 Å². The van der Waals surface area contributed by atoms with Gasteiger partial charge >= 0.3 is 0 Å². The molecule has 1 unspecified atom stereocenters. The molecular formula is C40H39ClN6O5. The van der Waals surface area contributed by atoms with Crippen molar-refractivity contribution in [1.82, 2.24) is 24.7 Å². The van der Waals surface area contributed by atoms with Crippen molar-refractivity contribution in [2.75, 3.05) is 37.6 Å². The number of halogens is 1. The molecule has 4 aromatic rings. The van der Waals surface area contributed by atoms with Gasteiger partial charge in [0.05, 0.1) is 38.2 Å². The number of rotatable bonds is 5. The van der Waals surface area contributed by atoms with Crippen LogP contribution < -0.4 is 15.8 Å². The molecule has 0 saturated carbocycles. The molecule has 3 saturated heterocycles. The normalized spacial score (nSPS) is 23.0. The predicted molar refractivity (Wildman–Crippen MR) is 196 cm³/mol. The lowest BCUT2D eigenvalue weighted by molar-refractivity contribution is -0.136. The number of aromatic nitrogens is 2. The second kappa shape index (κ2) is 12.1. The molecule has 6 heterocycles. The van der Waals surface area contributed by atoms with Crippen LogP contribution in [0.15, 0.2) is 59.4 Å². The molecule has 0 radical (unpaired) electrons. The van der Waals surface area contributed by atoms with Crippen molar-refractivity contribution in [2.24, 2.45) is 5.92 Å². The number of anilines is 1. The minimum atomic E-state index is -0.967. The number of nitrogens with one attached hydrogen (secondary N) is 1. The van der Waals surface area contributed by atoms with Gasteiger partial charge in [-0.05, 0) is 112 Å². The SMILES string of the molecule is CC1(C)c2cc(C3CCN(C[C@H]4CCN(c5ccc6c(c5)C(=O)N(C5CCC(=O)NC5=O)C6=O)C4)CC3)ccc2-n2c1nc(=O)c1c(Cl)cccc12. The third kappa shape index (κ3) is 5.11. The summed E-state index contributed by atoms with van der Waals surface area (Å²) in [6.45, 7) is 9.07. The van der Waals surface area contributed by atoms with Gasteiger partial charge in [0, 0.05) is 31.7 Å². The van der Waals surface area contributed by atoms with Crippen LogP contribution in [0.3, 0.4) is 0 Å². The molecule has 5 aliphatic rings. The summed E-state index contributed by atoms with van der Waals surface area (Å²) in [5, 5.41) is 3.12. The van der Waals surface area contributed by atoms with Crippen molar-refractivity contribution in [3.05, 3.63) is 98.1 Å². The Morgan fingerprint density at radius 1 is 0.885 bits per heavy atom. The zero-order chi connectivity index (χ0) is 36.1. The molecule has 4 amide bonds. The molecule has 2 atom stereocenters. The fourth-order valence-corrected chi connectivity index (χ4v) is 9.45. The number of nitrogens with zero attached hydrogens (tertiary/aromatic N) is 5. The van der Waals surface area contributed by atoms with E-state index >= 15 is 0 Å². The summed E-state index contributed by atoms with van der Waals surface area (Å²) in [6, 6.07) is 16.7. The van der Waals surface area contributed by atoms with Crippen LogP contribution in [0.25, 0.3) is 16.6 Å². The van der Waals surface area contributed by atoms with E-state index in [4.69, 9.17) is 11.6 Å². The van der Waals surface area contributed by atoms with E-state index in [9.17, 15) is 24.0 Å². The van der Waals surface area contributed by atoms with Gasteiger partial charge in [0.25, 0.3) is 17.4 Å². The van der Waals surface area contributed by atoms with Gasteiger partial charge < -0.3 is 9.80 Å². The van der Waals surface area contributed by atoms with Gasteiger partial charge in [-0.1, -0.05) is 29.8 Å². The average molecular weight is 719 g/mol. The van der Waals surface area contributed by atoms with E-state index in [0.29, 0.717) is 33.4 Å². The van der Waals surface area contributed by atoms with Crippen LogP contribution >= 0.6 is 11.6 Å². The van der Waals surface area contributed by atoms with Crippen molar-refractivity contribution in [1.29, 1.82) is 0 Å². The lowest BCUT2D eigenvalue weighted by Gasteiger charge is -2.34. The molecule has 0 aliphatic carbocycles. The molecule has 3 aromatic carbocycles. The Labute approximate surface area is 305 Å². The highest BCUT2D eigenvalue weighted by molar-refractivity contribution is 6.35. The first kappa shape index (κ1) is 33.0. The van der Waals surface area contributed by atoms with Crippen molar-refractivity contribution >= 4 is 51.8 Å². The van der Waals surface area contributed by atoms with Gasteiger partial charge in [0.15, 0.2) is 0 Å².